The van der Waals surface area contributed by atoms with Crippen molar-refractivity contribution >= 4 is 22.8 Å². The van der Waals surface area contributed by atoms with Crippen molar-refractivity contribution in [2.45, 2.75) is 38.6 Å². The highest BCUT2D eigenvalue weighted by Crippen LogP contribution is 2.07. The monoisotopic (exact) mass is 317 g/mol. The first-order chi connectivity index (χ1) is 11.0. The maximum atomic E-state index is 11.9. The predicted molar refractivity (Wildman–Crippen MR) is 85.2 cm³/mol. The summed E-state index contributed by atoms with van der Waals surface area (Å²) in [5.74, 6) is -0.837. The molecule has 0 radical (unpaired) electrons. The Labute approximate surface area is 132 Å². The lowest BCUT2D eigenvalue weighted by Crippen LogP contribution is -2.40. The Bertz CT molecular complexity index is 769. The molecule has 23 heavy (non-hydrogen) atoms. The predicted octanol–water partition coefficient (Wildman–Crippen LogP) is 1.23. The molecule has 0 aliphatic heterocycles. The molecule has 1 amide bonds. The molecule has 1 aromatic carbocycles. The van der Waals surface area contributed by atoms with Gasteiger partial charge in [-0.05, 0) is 25.0 Å². The normalized spacial score (nSPS) is 12.0. The second-order valence-corrected chi connectivity index (χ2v) is 5.25. The third kappa shape index (κ3) is 4.38. The van der Waals surface area contributed by atoms with E-state index in [0.29, 0.717) is 36.0 Å². The fraction of sp³-hybridized carbons (Fsp3) is 0.375. The molecule has 0 aliphatic carbocycles. The molecule has 2 aromatic rings. The molecule has 1 aromatic heterocycles. The van der Waals surface area contributed by atoms with Gasteiger partial charge in [-0.1, -0.05) is 19.1 Å². The van der Waals surface area contributed by atoms with Crippen molar-refractivity contribution in [3.63, 3.8) is 0 Å². The standard InChI is InChI=1S/C16H19N3O4/c1-2-11(16(22)23)18-14(20)9-5-8-13-17-12-7-4-3-6-10(12)15(21)19-13/h3-4,6-7,11H,2,5,8-9H2,1H3,(H,18,20)(H,22,23)(H,17,19,21). The Hall–Kier alpha value is -2.70. The summed E-state index contributed by atoms with van der Waals surface area (Å²) in [6, 6.07) is 6.19. The summed E-state index contributed by atoms with van der Waals surface area (Å²) >= 11 is 0. The zero-order valence-corrected chi connectivity index (χ0v) is 12.8. The molecular formula is C16H19N3O4. The van der Waals surface area contributed by atoms with Crippen molar-refractivity contribution in [2.24, 2.45) is 0 Å². The lowest BCUT2D eigenvalue weighted by atomic mass is 10.2. The van der Waals surface area contributed by atoms with Gasteiger partial charge < -0.3 is 15.4 Å². The summed E-state index contributed by atoms with van der Waals surface area (Å²) in [6.07, 6.45) is 1.43. The quantitative estimate of drug-likeness (QED) is 0.711. The maximum Gasteiger partial charge on any atom is 0.326 e. The first-order valence-corrected chi connectivity index (χ1v) is 7.51. The number of para-hydroxylation sites is 1. The highest BCUT2D eigenvalue weighted by Gasteiger charge is 2.17. The summed E-state index contributed by atoms with van der Waals surface area (Å²) < 4.78 is 0. The van der Waals surface area contributed by atoms with Gasteiger partial charge in [0.15, 0.2) is 0 Å². The average Bonchev–Trinajstić information content (AvgIpc) is 2.52. The number of carbonyl (C=O) groups is 2. The number of nitrogens with zero attached hydrogens (tertiary/aromatic N) is 1. The molecule has 1 heterocycles. The van der Waals surface area contributed by atoms with Crippen molar-refractivity contribution < 1.29 is 14.7 Å². The third-order valence-electron chi connectivity index (χ3n) is 3.52. The molecule has 1 unspecified atom stereocenters. The molecule has 0 fully saturated rings. The summed E-state index contributed by atoms with van der Waals surface area (Å²) in [5.41, 5.74) is 0.416. The fourth-order valence-electron chi connectivity index (χ4n) is 2.27. The molecule has 2 rings (SSSR count). The van der Waals surface area contributed by atoms with Crippen LogP contribution in [-0.4, -0.2) is 33.0 Å². The number of fused-ring (bicyclic) bond motifs is 1. The van der Waals surface area contributed by atoms with Crippen LogP contribution in [0.3, 0.4) is 0 Å². The van der Waals surface area contributed by atoms with Gasteiger partial charge in [-0.25, -0.2) is 9.78 Å². The Balaban J connectivity index is 1.93. The molecule has 0 spiro atoms. The van der Waals surface area contributed by atoms with Crippen molar-refractivity contribution in [2.75, 3.05) is 0 Å². The van der Waals surface area contributed by atoms with E-state index in [4.69, 9.17) is 5.11 Å². The number of carbonyl (C=O) groups excluding carboxylic acids is 1. The number of aromatic amines is 1. The summed E-state index contributed by atoms with van der Waals surface area (Å²) in [5, 5.41) is 11.9. The van der Waals surface area contributed by atoms with Crippen LogP contribution in [0.1, 0.15) is 32.0 Å². The van der Waals surface area contributed by atoms with Crippen LogP contribution < -0.4 is 10.9 Å². The summed E-state index contributed by atoms with van der Waals surface area (Å²) in [4.78, 5) is 41.6. The number of rotatable bonds is 7. The van der Waals surface area contributed by atoms with Crippen LogP contribution in [-0.2, 0) is 16.0 Å². The average molecular weight is 317 g/mol. The Morgan fingerprint density at radius 2 is 2.09 bits per heavy atom. The van der Waals surface area contributed by atoms with Crippen LogP contribution in [0.25, 0.3) is 10.9 Å². The van der Waals surface area contributed by atoms with Gasteiger partial charge >= 0.3 is 5.97 Å². The zero-order valence-electron chi connectivity index (χ0n) is 12.8. The molecule has 7 nitrogen and oxygen atoms in total. The van der Waals surface area contributed by atoms with Crippen molar-refractivity contribution in [1.29, 1.82) is 0 Å². The number of benzene rings is 1. The van der Waals surface area contributed by atoms with Crippen molar-refractivity contribution in [3.8, 4) is 0 Å². The number of carboxylic acids is 1. The van der Waals surface area contributed by atoms with Crippen LogP contribution in [0.2, 0.25) is 0 Å². The van der Waals surface area contributed by atoms with Crippen LogP contribution in [0.4, 0.5) is 0 Å². The third-order valence-corrected chi connectivity index (χ3v) is 3.52. The minimum Gasteiger partial charge on any atom is -0.480 e. The van der Waals surface area contributed by atoms with Gasteiger partial charge in [0.2, 0.25) is 5.91 Å². The lowest BCUT2D eigenvalue weighted by molar-refractivity contribution is -0.141. The van der Waals surface area contributed by atoms with Crippen LogP contribution >= 0.6 is 0 Å². The van der Waals surface area contributed by atoms with E-state index >= 15 is 0 Å². The SMILES string of the molecule is CCC(NC(=O)CCCc1nc2ccccc2c(=O)[nH]1)C(=O)O. The van der Waals surface area contributed by atoms with Gasteiger partial charge in [-0.15, -0.1) is 0 Å². The Kier molecular flexibility index (Phi) is 5.46. The zero-order chi connectivity index (χ0) is 16.8. The van der Waals surface area contributed by atoms with Crippen LogP contribution in [0.15, 0.2) is 29.1 Å². The summed E-state index contributed by atoms with van der Waals surface area (Å²) in [6.45, 7) is 1.70. The highest BCUT2D eigenvalue weighted by molar-refractivity contribution is 5.83. The van der Waals surface area contributed by atoms with E-state index in [0.717, 1.165) is 0 Å². The summed E-state index contributed by atoms with van der Waals surface area (Å²) in [7, 11) is 0. The Morgan fingerprint density at radius 1 is 1.35 bits per heavy atom. The minimum absolute atomic E-state index is 0.181. The largest absolute Gasteiger partial charge is 0.480 e. The van der Waals surface area contributed by atoms with Crippen molar-refractivity contribution in [1.82, 2.24) is 15.3 Å². The molecule has 1 atom stereocenters. The molecule has 3 N–H and O–H groups in total. The van der Waals surface area contributed by atoms with Crippen molar-refractivity contribution in [3.05, 3.63) is 40.4 Å². The van der Waals surface area contributed by atoms with E-state index < -0.39 is 12.0 Å². The number of amides is 1. The first-order valence-electron chi connectivity index (χ1n) is 7.51. The van der Waals surface area contributed by atoms with E-state index in [1.165, 1.54) is 0 Å². The number of carboxylic acid groups (broad SMARTS) is 1. The molecule has 7 heteroatoms. The number of aliphatic carboxylic acids is 1. The van der Waals surface area contributed by atoms with Gasteiger partial charge in [0.1, 0.15) is 11.9 Å². The smallest absolute Gasteiger partial charge is 0.326 e. The number of hydrogen-bond donors (Lipinski definition) is 3. The van der Waals surface area contributed by atoms with Gasteiger partial charge in [0, 0.05) is 12.8 Å². The number of hydrogen-bond acceptors (Lipinski definition) is 4. The van der Waals surface area contributed by atoms with Gasteiger partial charge in [0.25, 0.3) is 5.56 Å². The van der Waals surface area contributed by atoms with Crippen LogP contribution in [0.5, 0.6) is 0 Å². The van der Waals surface area contributed by atoms with Gasteiger partial charge in [-0.2, -0.15) is 0 Å². The molecule has 122 valence electrons. The topological polar surface area (TPSA) is 112 Å². The number of H-pyrrole nitrogens is 1. The second-order valence-electron chi connectivity index (χ2n) is 5.25. The molecule has 0 saturated heterocycles. The molecule has 0 aliphatic rings. The number of aromatic nitrogens is 2. The number of aryl methyl sites for hydroxylation is 1. The van der Waals surface area contributed by atoms with E-state index in [-0.39, 0.29) is 17.9 Å². The van der Waals surface area contributed by atoms with Crippen LogP contribution in [0, 0.1) is 0 Å². The highest BCUT2D eigenvalue weighted by atomic mass is 16.4. The fourth-order valence-corrected chi connectivity index (χ4v) is 2.27. The minimum atomic E-state index is -1.04. The Morgan fingerprint density at radius 3 is 2.78 bits per heavy atom. The van der Waals surface area contributed by atoms with Gasteiger partial charge in [-0.3, -0.25) is 9.59 Å². The second kappa shape index (κ2) is 7.53. The van der Waals surface area contributed by atoms with Gasteiger partial charge in [0.05, 0.1) is 10.9 Å². The maximum absolute atomic E-state index is 11.9. The van der Waals surface area contributed by atoms with E-state index in [1.54, 1.807) is 25.1 Å². The number of nitrogens with one attached hydrogen (secondary N) is 2. The molecular weight excluding hydrogens is 298 g/mol. The van der Waals surface area contributed by atoms with E-state index in [1.807, 2.05) is 6.07 Å². The lowest BCUT2D eigenvalue weighted by Gasteiger charge is -2.11. The molecule has 0 saturated carbocycles. The van der Waals surface area contributed by atoms with E-state index in [2.05, 4.69) is 15.3 Å². The molecule has 0 bridgehead atoms. The van der Waals surface area contributed by atoms with E-state index in [9.17, 15) is 14.4 Å². The first kappa shape index (κ1) is 16.7.